The van der Waals surface area contributed by atoms with E-state index in [0.717, 1.165) is 0 Å². The number of aliphatic hydroxyl groups excluding tert-OH is 1. The number of rotatable bonds is 4. The molecule has 0 spiro atoms. The Morgan fingerprint density at radius 1 is 1.19 bits per heavy atom. The van der Waals surface area contributed by atoms with Crippen molar-refractivity contribution in [3.05, 3.63) is 56.8 Å². The van der Waals surface area contributed by atoms with Crippen LogP contribution in [0.1, 0.15) is 17.2 Å². The summed E-state index contributed by atoms with van der Waals surface area (Å²) in [4.78, 5) is 0. The van der Waals surface area contributed by atoms with Crippen LogP contribution < -0.4 is 9.47 Å². The quantitative estimate of drug-likeness (QED) is 0.864. The van der Waals surface area contributed by atoms with Crippen molar-refractivity contribution in [3.8, 4) is 11.5 Å². The smallest absolute Gasteiger partial charge is 0.179 e. The van der Waals surface area contributed by atoms with Crippen molar-refractivity contribution in [2.45, 2.75) is 6.10 Å². The van der Waals surface area contributed by atoms with Gasteiger partial charge in [0.2, 0.25) is 0 Å². The number of benzene rings is 2. The van der Waals surface area contributed by atoms with Gasteiger partial charge in [-0.05, 0) is 35.9 Å². The Labute approximate surface area is 135 Å². The molecule has 6 heteroatoms. The highest BCUT2D eigenvalue weighted by atomic mass is 79.9. The minimum atomic E-state index is -1.17. The maximum absolute atomic E-state index is 13.9. The Balaban J connectivity index is 2.50. The molecule has 1 N–H and O–H groups in total. The van der Waals surface area contributed by atoms with Crippen molar-refractivity contribution < 1.29 is 19.0 Å². The predicted molar refractivity (Wildman–Crippen MR) is 82.7 cm³/mol. The fourth-order valence-corrected chi connectivity index (χ4v) is 2.67. The molecule has 0 fully saturated rings. The molecule has 0 saturated heterocycles. The van der Waals surface area contributed by atoms with Crippen LogP contribution in [0.4, 0.5) is 4.39 Å². The lowest BCUT2D eigenvalue weighted by molar-refractivity contribution is 0.214. The van der Waals surface area contributed by atoms with E-state index in [9.17, 15) is 9.50 Å². The van der Waals surface area contributed by atoms with Crippen molar-refractivity contribution in [2.75, 3.05) is 14.2 Å². The second kappa shape index (κ2) is 6.64. The summed E-state index contributed by atoms with van der Waals surface area (Å²) in [6, 6.07) is 7.45. The van der Waals surface area contributed by atoms with Gasteiger partial charge in [0.05, 0.1) is 19.2 Å². The van der Waals surface area contributed by atoms with E-state index in [0.29, 0.717) is 21.5 Å². The predicted octanol–water partition coefficient (Wildman–Crippen LogP) is 4.34. The van der Waals surface area contributed by atoms with E-state index in [2.05, 4.69) is 15.9 Å². The SMILES string of the molecule is COc1cc(C(O)c2cc(Br)ccc2F)cc(Cl)c1OC. The van der Waals surface area contributed by atoms with E-state index in [1.54, 1.807) is 12.1 Å². The van der Waals surface area contributed by atoms with Gasteiger partial charge in [0.25, 0.3) is 0 Å². The van der Waals surface area contributed by atoms with Crippen molar-refractivity contribution in [3.63, 3.8) is 0 Å². The summed E-state index contributed by atoms with van der Waals surface area (Å²) < 4.78 is 24.8. The Bertz CT molecular complexity index is 664. The Kier molecular flexibility index (Phi) is 5.08. The molecule has 0 saturated carbocycles. The molecular weight excluding hydrogens is 363 g/mol. The van der Waals surface area contributed by atoms with Gasteiger partial charge in [0.1, 0.15) is 11.9 Å². The van der Waals surface area contributed by atoms with E-state index in [1.807, 2.05) is 0 Å². The van der Waals surface area contributed by atoms with Crippen LogP contribution in [0.25, 0.3) is 0 Å². The van der Waals surface area contributed by atoms with Crippen molar-refractivity contribution in [1.29, 1.82) is 0 Å². The molecule has 0 radical (unpaired) electrons. The molecule has 0 aliphatic carbocycles. The monoisotopic (exact) mass is 374 g/mol. The van der Waals surface area contributed by atoms with Gasteiger partial charge in [-0.15, -0.1) is 0 Å². The van der Waals surface area contributed by atoms with E-state index in [4.69, 9.17) is 21.1 Å². The van der Waals surface area contributed by atoms with Crippen molar-refractivity contribution >= 4 is 27.5 Å². The number of aliphatic hydroxyl groups is 1. The second-order valence-electron chi connectivity index (χ2n) is 4.31. The number of hydrogen-bond donors (Lipinski definition) is 1. The highest BCUT2D eigenvalue weighted by Crippen LogP contribution is 2.39. The molecule has 2 aromatic rings. The first-order valence-corrected chi connectivity index (χ1v) is 7.19. The van der Waals surface area contributed by atoms with Crippen LogP contribution >= 0.6 is 27.5 Å². The lowest BCUT2D eigenvalue weighted by Crippen LogP contribution is -2.04. The first kappa shape index (κ1) is 16.1. The van der Waals surface area contributed by atoms with Crippen LogP contribution in [-0.2, 0) is 0 Å². The van der Waals surface area contributed by atoms with E-state index < -0.39 is 11.9 Å². The highest BCUT2D eigenvalue weighted by molar-refractivity contribution is 9.10. The third-order valence-corrected chi connectivity index (χ3v) is 3.80. The minimum Gasteiger partial charge on any atom is -0.493 e. The second-order valence-corrected chi connectivity index (χ2v) is 5.63. The van der Waals surface area contributed by atoms with E-state index >= 15 is 0 Å². The van der Waals surface area contributed by atoms with Gasteiger partial charge in [-0.1, -0.05) is 27.5 Å². The van der Waals surface area contributed by atoms with E-state index in [-0.39, 0.29) is 10.6 Å². The molecule has 21 heavy (non-hydrogen) atoms. The number of halogens is 3. The summed E-state index contributed by atoms with van der Waals surface area (Å²) in [5.41, 5.74) is 0.558. The highest BCUT2D eigenvalue weighted by Gasteiger charge is 2.19. The minimum absolute atomic E-state index is 0.146. The summed E-state index contributed by atoms with van der Waals surface area (Å²) in [5, 5.41) is 10.7. The Hall–Kier alpha value is -1.30. The molecule has 2 rings (SSSR count). The third kappa shape index (κ3) is 3.31. The summed E-state index contributed by atoms with van der Waals surface area (Å²) in [7, 11) is 2.93. The first-order valence-electron chi connectivity index (χ1n) is 6.02. The third-order valence-electron chi connectivity index (χ3n) is 3.02. The van der Waals surface area contributed by atoms with Crippen LogP contribution in [0.3, 0.4) is 0 Å². The molecule has 0 aliphatic heterocycles. The maximum Gasteiger partial charge on any atom is 0.179 e. The molecule has 0 heterocycles. The molecular formula is C15H13BrClFO3. The van der Waals surface area contributed by atoms with Gasteiger partial charge in [0.15, 0.2) is 11.5 Å². The molecule has 1 atom stereocenters. The zero-order valence-corrected chi connectivity index (χ0v) is 13.7. The largest absolute Gasteiger partial charge is 0.493 e. The lowest BCUT2D eigenvalue weighted by atomic mass is 10.0. The average molecular weight is 376 g/mol. The van der Waals surface area contributed by atoms with Crippen LogP contribution in [0.15, 0.2) is 34.8 Å². The standard InChI is InChI=1S/C15H13BrClFO3/c1-20-13-6-8(5-11(17)15(13)21-2)14(19)10-7-9(16)3-4-12(10)18/h3-7,14,19H,1-2H3. The average Bonchev–Trinajstić information content (AvgIpc) is 2.48. The Morgan fingerprint density at radius 2 is 1.90 bits per heavy atom. The van der Waals surface area contributed by atoms with E-state index in [1.165, 1.54) is 32.4 Å². The summed E-state index contributed by atoms with van der Waals surface area (Å²) in [6.07, 6.45) is -1.17. The van der Waals surface area contributed by atoms with Gasteiger partial charge in [-0.2, -0.15) is 0 Å². The van der Waals surface area contributed by atoms with Gasteiger partial charge >= 0.3 is 0 Å². The summed E-state index contributed by atoms with van der Waals surface area (Å²) in [6.45, 7) is 0. The van der Waals surface area contributed by atoms with Crippen LogP contribution in [-0.4, -0.2) is 19.3 Å². The van der Waals surface area contributed by atoms with Gasteiger partial charge < -0.3 is 14.6 Å². The van der Waals surface area contributed by atoms with Crippen LogP contribution in [0.2, 0.25) is 5.02 Å². The fraction of sp³-hybridized carbons (Fsp3) is 0.200. The normalized spacial score (nSPS) is 12.1. The molecule has 3 nitrogen and oxygen atoms in total. The molecule has 0 aliphatic rings. The zero-order valence-electron chi connectivity index (χ0n) is 11.4. The summed E-state index contributed by atoms with van der Waals surface area (Å²) >= 11 is 9.35. The molecule has 112 valence electrons. The fourth-order valence-electron chi connectivity index (χ4n) is 2.00. The Morgan fingerprint density at radius 3 is 2.52 bits per heavy atom. The van der Waals surface area contributed by atoms with Crippen molar-refractivity contribution in [1.82, 2.24) is 0 Å². The zero-order chi connectivity index (χ0) is 15.6. The van der Waals surface area contributed by atoms with Crippen LogP contribution in [0, 0.1) is 5.82 Å². The van der Waals surface area contributed by atoms with Crippen LogP contribution in [0.5, 0.6) is 11.5 Å². The number of hydrogen-bond acceptors (Lipinski definition) is 3. The molecule has 0 aromatic heterocycles. The molecule has 0 amide bonds. The topological polar surface area (TPSA) is 38.7 Å². The summed E-state index contributed by atoms with van der Waals surface area (Å²) in [5.74, 6) is 0.232. The number of methoxy groups -OCH3 is 2. The maximum atomic E-state index is 13.9. The van der Waals surface area contributed by atoms with Gasteiger partial charge in [-0.25, -0.2) is 4.39 Å². The lowest BCUT2D eigenvalue weighted by Gasteiger charge is -2.16. The molecule has 2 aromatic carbocycles. The van der Waals surface area contributed by atoms with Crippen molar-refractivity contribution in [2.24, 2.45) is 0 Å². The molecule has 0 bridgehead atoms. The van der Waals surface area contributed by atoms with Gasteiger partial charge in [-0.3, -0.25) is 0 Å². The van der Waals surface area contributed by atoms with Gasteiger partial charge in [0, 0.05) is 10.0 Å². The molecule has 1 unspecified atom stereocenters. The first-order chi connectivity index (χ1) is 9.97. The number of ether oxygens (including phenoxy) is 2.